The zero-order chi connectivity index (χ0) is 27.2. The highest BCUT2D eigenvalue weighted by molar-refractivity contribution is 6.76. The van der Waals surface area contributed by atoms with Gasteiger partial charge >= 0.3 is 12.3 Å². The molecule has 0 atom stereocenters. The molecule has 1 N–H and O–H groups in total. The number of rotatable bonds is 10. The van der Waals surface area contributed by atoms with Crippen LogP contribution in [0.1, 0.15) is 15.9 Å². The van der Waals surface area contributed by atoms with E-state index in [1.54, 1.807) is 48.5 Å². The van der Waals surface area contributed by atoms with Gasteiger partial charge in [0.2, 0.25) is 0 Å². The van der Waals surface area contributed by atoms with E-state index < -0.39 is 28.5 Å². The Kier molecular flexibility index (Phi) is 13.1. The van der Waals surface area contributed by atoms with Gasteiger partial charge in [0.15, 0.2) is 0 Å². The van der Waals surface area contributed by atoms with Crippen molar-refractivity contribution in [2.45, 2.75) is 58.0 Å². The minimum absolute atomic E-state index is 0.0268. The minimum Gasteiger partial charge on any atom is -0.434 e. The summed E-state index contributed by atoms with van der Waals surface area (Å²) in [4.78, 5) is 33.2. The van der Waals surface area contributed by atoms with Crippen molar-refractivity contribution in [2.75, 3.05) is 13.2 Å². The summed E-state index contributed by atoms with van der Waals surface area (Å²) >= 11 is 0. The van der Waals surface area contributed by atoms with Crippen LogP contribution in [0.3, 0.4) is 0 Å². The molecule has 0 amide bonds. The van der Waals surface area contributed by atoms with E-state index in [1.165, 1.54) is 0 Å². The van der Waals surface area contributed by atoms with Crippen molar-refractivity contribution in [3.8, 4) is 11.5 Å². The molecule has 0 aliphatic rings. The molecule has 0 fully saturated rings. The second-order valence-corrected chi connectivity index (χ2v) is 21.8. The van der Waals surface area contributed by atoms with Gasteiger partial charge < -0.3 is 24.1 Å². The molecule has 0 heterocycles. The van der Waals surface area contributed by atoms with Crippen molar-refractivity contribution >= 4 is 34.7 Å². The van der Waals surface area contributed by atoms with Crippen LogP contribution in [0, 0.1) is 0 Å². The van der Waals surface area contributed by atoms with E-state index in [0.29, 0.717) is 30.3 Å². The molecule has 0 saturated heterocycles. The van der Waals surface area contributed by atoms with Gasteiger partial charge in [-0.2, -0.15) is 0 Å². The van der Waals surface area contributed by atoms with Crippen molar-refractivity contribution in [2.24, 2.45) is 0 Å². The van der Waals surface area contributed by atoms with E-state index in [9.17, 15) is 14.4 Å². The third kappa shape index (κ3) is 15.1. The van der Waals surface area contributed by atoms with Crippen molar-refractivity contribution in [1.82, 2.24) is 0 Å². The van der Waals surface area contributed by atoms with Crippen LogP contribution in [0.15, 0.2) is 48.5 Å². The van der Waals surface area contributed by atoms with Gasteiger partial charge in [-0.15, -0.1) is 0 Å². The van der Waals surface area contributed by atoms with Crippen LogP contribution in [0.4, 0.5) is 9.59 Å². The maximum Gasteiger partial charge on any atom is 0.513 e. The van der Waals surface area contributed by atoms with Crippen molar-refractivity contribution in [3.63, 3.8) is 0 Å². The van der Waals surface area contributed by atoms with Gasteiger partial charge in [-0.25, -0.2) is 9.59 Å². The molecule has 36 heavy (non-hydrogen) atoms. The van der Waals surface area contributed by atoms with Crippen molar-refractivity contribution < 1.29 is 38.4 Å². The summed E-state index contributed by atoms with van der Waals surface area (Å²) in [5.74, 6) is 0.795. The second-order valence-electron chi connectivity index (χ2n) is 10.5. The topological polar surface area (TPSA) is 108 Å². The van der Waals surface area contributed by atoms with Crippen LogP contribution < -0.4 is 9.47 Å². The smallest absolute Gasteiger partial charge is 0.434 e. The lowest BCUT2D eigenvalue weighted by atomic mass is 10.2. The Morgan fingerprint density at radius 1 is 0.722 bits per heavy atom. The Hall–Kier alpha value is -2.96. The summed E-state index contributed by atoms with van der Waals surface area (Å²) in [6.07, 6.45) is -0.645. The van der Waals surface area contributed by atoms with Gasteiger partial charge in [0.1, 0.15) is 17.8 Å². The largest absolute Gasteiger partial charge is 0.513 e. The summed E-state index contributed by atoms with van der Waals surface area (Å²) in [5.41, 5.74) is 1.31. The number of carbonyl (C=O) groups is 3. The summed E-state index contributed by atoms with van der Waals surface area (Å²) in [6, 6.07) is 14.8. The summed E-state index contributed by atoms with van der Waals surface area (Å²) < 4.78 is 20.0. The Morgan fingerprint density at radius 2 is 1.11 bits per heavy atom. The standard InChI is InChI=1S/C13H20O4Si.C13H18O4Si/c2*1-18(2,3)9-8-16-13(15)17-12-6-4-11(10-14)5-7-12/h4-7,14H,8-10H2,1-3H3;4-7,10H,8-9H2,1-3H3. The zero-order valence-corrected chi connectivity index (χ0v) is 24.0. The molecule has 0 radical (unpaired) electrons. The van der Waals surface area contributed by atoms with Gasteiger partial charge in [-0.05, 0) is 54.0 Å². The van der Waals surface area contributed by atoms with Crippen LogP contribution in [-0.2, 0) is 16.1 Å². The molecule has 198 valence electrons. The third-order valence-electron chi connectivity index (χ3n) is 4.67. The number of aliphatic hydroxyl groups is 1. The highest BCUT2D eigenvalue weighted by Crippen LogP contribution is 2.14. The maximum absolute atomic E-state index is 11.4. The Morgan fingerprint density at radius 3 is 1.44 bits per heavy atom. The fourth-order valence-electron chi connectivity index (χ4n) is 2.41. The monoisotopic (exact) mass is 534 g/mol. The lowest BCUT2D eigenvalue weighted by molar-refractivity contribution is 0.103. The molecule has 0 aliphatic carbocycles. The van der Waals surface area contributed by atoms with E-state index >= 15 is 0 Å². The summed E-state index contributed by atoms with van der Waals surface area (Å²) in [7, 11) is -2.39. The Balaban J connectivity index is 0.000000360. The molecule has 0 unspecified atom stereocenters. The SMILES string of the molecule is C[Si](C)(C)CCOC(=O)Oc1ccc(C=O)cc1.C[Si](C)(C)CCOC(=O)Oc1ccc(CO)cc1. The average molecular weight is 535 g/mol. The van der Waals surface area contributed by atoms with E-state index in [-0.39, 0.29) is 6.61 Å². The van der Waals surface area contributed by atoms with Gasteiger partial charge in [0.25, 0.3) is 0 Å². The lowest BCUT2D eigenvalue weighted by Crippen LogP contribution is -2.23. The molecule has 0 bridgehead atoms. The number of carbonyl (C=O) groups excluding carboxylic acids is 3. The lowest BCUT2D eigenvalue weighted by Gasteiger charge is -2.15. The number of hydrogen-bond acceptors (Lipinski definition) is 8. The number of aliphatic hydroxyl groups excluding tert-OH is 1. The number of benzene rings is 2. The summed E-state index contributed by atoms with van der Waals surface area (Å²) in [6.45, 7) is 14.0. The average Bonchev–Trinajstić information content (AvgIpc) is 2.79. The first-order chi connectivity index (χ1) is 16.8. The van der Waals surface area contributed by atoms with Crippen LogP contribution in [0.25, 0.3) is 0 Å². The predicted molar refractivity (Wildman–Crippen MR) is 144 cm³/mol. The van der Waals surface area contributed by atoms with Gasteiger partial charge in [0, 0.05) is 21.7 Å². The van der Waals surface area contributed by atoms with Gasteiger partial charge in [-0.1, -0.05) is 51.4 Å². The first-order valence-electron chi connectivity index (χ1n) is 11.8. The van der Waals surface area contributed by atoms with Crippen LogP contribution in [0.2, 0.25) is 51.4 Å². The van der Waals surface area contributed by atoms with E-state index in [2.05, 4.69) is 39.3 Å². The zero-order valence-electron chi connectivity index (χ0n) is 22.0. The highest BCUT2D eigenvalue weighted by Gasteiger charge is 2.15. The highest BCUT2D eigenvalue weighted by atomic mass is 28.3. The Bertz CT molecular complexity index is 946. The maximum atomic E-state index is 11.4. The fourth-order valence-corrected chi connectivity index (χ4v) is 3.84. The quantitative estimate of drug-likeness (QED) is 0.162. The third-order valence-corrected chi connectivity index (χ3v) is 8.08. The molecule has 0 saturated carbocycles. The van der Waals surface area contributed by atoms with E-state index in [1.807, 2.05) is 0 Å². The van der Waals surface area contributed by atoms with E-state index in [4.69, 9.17) is 24.1 Å². The molecule has 2 rings (SSSR count). The van der Waals surface area contributed by atoms with Crippen molar-refractivity contribution in [1.29, 1.82) is 0 Å². The van der Waals surface area contributed by atoms with Crippen molar-refractivity contribution in [3.05, 3.63) is 59.7 Å². The molecule has 0 spiro atoms. The second kappa shape index (κ2) is 15.2. The van der Waals surface area contributed by atoms with Crippen LogP contribution in [0.5, 0.6) is 11.5 Å². The normalized spacial score (nSPS) is 11.0. The van der Waals surface area contributed by atoms with Crippen LogP contribution >= 0.6 is 0 Å². The van der Waals surface area contributed by atoms with Crippen LogP contribution in [-0.4, -0.2) is 53.1 Å². The predicted octanol–water partition coefficient (Wildman–Crippen LogP) is 6.39. The number of aldehydes is 1. The summed E-state index contributed by atoms with van der Waals surface area (Å²) in [5, 5.41) is 8.87. The van der Waals surface area contributed by atoms with E-state index in [0.717, 1.165) is 23.9 Å². The molecule has 0 aromatic heterocycles. The van der Waals surface area contributed by atoms with Gasteiger partial charge in [-0.3, -0.25) is 4.79 Å². The molecule has 8 nitrogen and oxygen atoms in total. The number of hydrogen-bond donors (Lipinski definition) is 1. The molecular formula is C26H38O8Si2. The fraction of sp³-hybridized carbons (Fsp3) is 0.423. The molecular weight excluding hydrogens is 496 g/mol. The first-order valence-corrected chi connectivity index (χ1v) is 19.2. The Labute approximate surface area is 215 Å². The minimum atomic E-state index is -1.20. The first kappa shape index (κ1) is 31.1. The molecule has 2 aromatic carbocycles. The van der Waals surface area contributed by atoms with Gasteiger partial charge in [0.05, 0.1) is 19.8 Å². The number of ether oxygens (including phenoxy) is 4. The molecule has 2 aromatic rings. The molecule has 0 aliphatic heterocycles. The molecule has 10 heteroatoms.